The predicted molar refractivity (Wildman–Crippen MR) is 82.8 cm³/mol. The molecule has 116 valence electrons. The summed E-state index contributed by atoms with van der Waals surface area (Å²) in [6.07, 6.45) is 1.79. The van der Waals surface area contributed by atoms with E-state index >= 15 is 0 Å². The minimum Gasteiger partial charge on any atom is -0.496 e. The Balaban J connectivity index is 2.21. The lowest BCUT2D eigenvalue weighted by atomic mass is 10.2. The van der Waals surface area contributed by atoms with Crippen LogP contribution in [0.1, 0.15) is 5.56 Å². The summed E-state index contributed by atoms with van der Waals surface area (Å²) in [6.45, 7) is 3.89. The van der Waals surface area contributed by atoms with Crippen molar-refractivity contribution < 1.29 is 14.2 Å². The molecule has 1 heterocycles. The van der Waals surface area contributed by atoms with Crippen LogP contribution in [0, 0.1) is 0 Å². The van der Waals surface area contributed by atoms with Gasteiger partial charge in [0.25, 0.3) is 0 Å². The minimum absolute atomic E-state index is 0.684. The van der Waals surface area contributed by atoms with E-state index in [0.29, 0.717) is 17.2 Å². The van der Waals surface area contributed by atoms with E-state index < -0.39 is 0 Å². The highest BCUT2D eigenvalue weighted by Crippen LogP contribution is 2.32. The van der Waals surface area contributed by atoms with E-state index in [2.05, 4.69) is 22.1 Å². The first-order chi connectivity index (χ1) is 10.2. The largest absolute Gasteiger partial charge is 0.496 e. The molecule has 1 aliphatic rings. The molecule has 0 unspecified atom stereocenters. The van der Waals surface area contributed by atoms with E-state index in [0.717, 1.165) is 31.7 Å². The third kappa shape index (κ3) is 3.78. The first kappa shape index (κ1) is 15.4. The van der Waals surface area contributed by atoms with Gasteiger partial charge >= 0.3 is 0 Å². The fourth-order valence-electron chi connectivity index (χ4n) is 2.21. The van der Waals surface area contributed by atoms with Crippen LogP contribution in [-0.2, 0) is 0 Å². The minimum atomic E-state index is 0.684. The molecule has 0 N–H and O–H groups in total. The summed E-state index contributed by atoms with van der Waals surface area (Å²) in [4.78, 5) is 2.29. The molecule has 0 aliphatic carbocycles. The number of hydrogen-bond acceptors (Lipinski definition) is 6. The molecule has 0 bridgehead atoms. The van der Waals surface area contributed by atoms with Crippen molar-refractivity contribution in [2.75, 3.05) is 54.6 Å². The lowest BCUT2D eigenvalue weighted by molar-refractivity contribution is 0.159. The predicted octanol–water partition coefficient (Wildman–Crippen LogP) is 1.29. The SMILES string of the molecule is COc1cc(OC)c(/C=N\N2CCN(C)CC2)c(OC)c1. The Bertz CT molecular complexity index is 472. The molecular weight excluding hydrogens is 270 g/mol. The summed E-state index contributed by atoms with van der Waals surface area (Å²) in [7, 11) is 6.99. The van der Waals surface area contributed by atoms with Gasteiger partial charge in [0.05, 0.1) is 33.1 Å². The summed E-state index contributed by atoms with van der Waals surface area (Å²) in [5.74, 6) is 2.06. The maximum atomic E-state index is 5.41. The smallest absolute Gasteiger partial charge is 0.135 e. The number of piperazine rings is 1. The van der Waals surface area contributed by atoms with Gasteiger partial charge in [-0.1, -0.05) is 0 Å². The lowest BCUT2D eigenvalue weighted by Gasteiger charge is -2.30. The van der Waals surface area contributed by atoms with Crippen LogP contribution in [0.2, 0.25) is 0 Å². The molecule has 1 fully saturated rings. The van der Waals surface area contributed by atoms with E-state index in [1.165, 1.54) is 0 Å². The van der Waals surface area contributed by atoms with Crippen LogP contribution in [0.5, 0.6) is 17.2 Å². The fraction of sp³-hybridized carbons (Fsp3) is 0.533. The zero-order valence-electron chi connectivity index (χ0n) is 13.1. The monoisotopic (exact) mass is 293 g/mol. The van der Waals surface area contributed by atoms with Crippen molar-refractivity contribution in [3.63, 3.8) is 0 Å². The summed E-state index contributed by atoms with van der Waals surface area (Å²) >= 11 is 0. The van der Waals surface area contributed by atoms with E-state index in [9.17, 15) is 0 Å². The normalized spacial score (nSPS) is 16.3. The molecule has 1 aliphatic heterocycles. The highest BCUT2D eigenvalue weighted by Gasteiger charge is 2.14. The van der Waals surface area contributed by atoms with Crippen molar-refractivity contribution in [2.45, 2.75) is 0 Å². The average Bonchev–Trinajstić information content (AvgIpc) is 2.53. The topological polar surface area (TPSA) is 46.5 Å². The summed E-state index contributed by atoms with van der Waals surface area (Å²) < 4.78 is 16.1. The third-order valence-electron chi connectivity index (χ3n) is 3.58. The Morgan fingerprint density at radius 2 is 1.52 bits per heavy atom. The molecule has 6 heteroatoms. The lowest BCUT2D eigenvalue weighted by Crippen LogP contribution is -2.41. The molecule has 0 spiro atoms. The van der Waals surface area contributed by atoms with Crippen LogP contribution in [-0.4, -0.2) is 70.7 Å². The van der Waals surface area contributed by atoms with Crippen molar-refractivity contribution >= 4 is 6.21 Å². The third-order valence-corrected chi connectivity index (χ3v) is 3.58. The molecular formula is C15H23N3O3. The van der Waals surface area contributed by atoms with Crippen molar-refractivity contribution in [1.29, 1.82) is 0 Å². The van der Waals surface area contributed by atoms with Crippen LogP contribution in [0.4, 0.5) is 0 Å². The molecule has 0 atom stereocenters. The Morgan fingerprint density at radius 1 is 0.952 bits per heavy atom. The number of methoxy groups -OCH3 is 3. The van der Waals surface area contributed by atoms with E-state index in [1.807, 2.05) is 12.1 Å². The van der Waals surface area contributed by atoms with Crippen LogP contribution < -0.4 is 14.2 Å². The Morgan fingerprint density at radius 3 is 2.00 bits per heavy atom. The summed E-state index contributed by atoms with van der Waals surface area (Å²) in [6, 6.07) is 3.65. The maximum absolute atomic E-state index is 5.41. The molecule has 0 radical (unpaired) electrons. The average molecular weight is 293 g/mol. The van der Waals surface area contributed by atoms with Gasteiger partial charge < -0.3 is 19.1 Å². The number of likely N-dealkylation sites (N-methyl/N-ethyl adjacent to an activating group) is 1. The number of hydrogen-bond donors (Lipinski definition) is 0. The standard InChI is InChI=1S/C15H23N3O3/c1-17-5-7-18(8-6-17)16-11-13-14(20-3)9-12(19-2)10-15(13)21-4/h9-11H,5-8H2,1-4H3/b16-11-. The molecule has 0 saturated carbocycles. The molecule has 0 aromatic heterocycles. The zero-order valence-corrected chi connectivity index (χ0v) is 13.1. The van der Waals surface area contributed by atoms with Gasteiger partial charge in [0.15, 0.2) is 0 Å². The van der Waals surface area contributed by atoms with Gasteiger partial charge in [-0.3, -0.25) is 5.01 Å². The van der Waals surface area contributed by atoms with Crippen LogP contribution in [0.3, 0.4) is 0 Å². The number of ether oxygens (including phenoxy) is 3. The van der Waals surface area contributed by atoms with Gasteiger partial charge in [0, 0.05) is 38.3 Å². The quantitative estimate of drug-likeness (QED) is 0.766. The van der Waals surface area contributed by atoms with E-state index in [-0.39, 0.29) is 0 Å². The molecule has 0 amide bonds. The fourth-order valence-corrected chi connectivity index (χ4v) is 2.21. The van der Waals surface area contributed by atoms with Crippen molar-refractivity contribution in [3.8, 4) is 17.2 Å². The first-order valence-electron chi connectivity index (χ1n) is 6.95. The van der Waals surface area contributed by atoms with Gasteiger partial charge in [0.1, 0.15) is 17.2 Å². The second-order valence-electron chi connectivity index (χ2n) is 4.95. The molecule has 2 rings (SSSR count). The Hall–Kier alpha value is -1.95. The van der Waals surface area contributed by atoms with Gasteiger partial charge in [-0.05, 0) is 7.05 Å². The number of nitrogens with zero attached hydrogens (tertiary/aromatic N) is 3. The van der Waals surface area contributed by atoms with Crippen LogP contribution in [0.15, 0.2) is 17.2 Å². The van der Waals surface area contributed by atoms with Crippen molar-refractivity contribution in [2.24, 2.45) is 5.10 Å². The number of rotatable bonds is 5. The van der Waals surface area contributed by atoms with Gasteiger partial charge in [-0.15, -0.1) is 0 Å². The highest BCUT2D eigenvalue weighted by molar-refractivity contribution is 5.88. The van der Waals surface area contributed by atoms with E-state index in [4.69, 9.17) is 14.2 Å². The van der Waals surface area contributed by atoms with Crippen molar-refractivity contribution in [1.82, 2.24) is 9.91 Å². The van der Waals surface area contributed by atoms with Crippen LogP contribution >= 0.6 is 0 Å². The molecule has 1 aromatic carbocycles. The van der Waals surface area contributed by atoms with Gasteiger partial charge in [-0.2, -0.15) is 5.10 Å². The molecule has 6 nitrogen and oxygen atoms in total. The zero-order chi connectivity index (χ0) is 15.2. The Labute approximate surface area is 125 Å². The maximum Gasteiger partial charge on any atom is 0.135 e. The summed E-state index contributed by atoms with van der Waals surface area (Å²) in [5, 5.41) is 6.60. The molecule has 21 heavy (non-hydrogen) atoms. The van der Waals surface area contributed by atoms with Crippen molar-refractivity contribution in [3.05, 3.63) is 17.7 Å². The Kier molecular flexibility index (Phi) is 5.27. The first-order valence-corrected chi connectivity index (χ1v) is 6.95. The second-order valence-corrected chi connectivity index (χ2v) is 4.95. The van der Waals surface area contributed by atoms with Gasteiger partial charge in [-0.25, -0.2) is 0 Å². The molecule has 1 aromatic rings. The summed E-state index contributed by atoms with van der Waals surface area (Å²) in [5.41, 5.74) is 0.819. The number of benzene rings is 1. The number of hydrazone groups is 1. The highest BCUT2D eigenvalue weighted by atomic mass is 16.5. The van der Waals surface area contributed by atoms with E-state index in [1.54, 1.807) is 27.5 Å². The van der Waals surface area contributed by atoms with Gasteiger partial charge in [0.2, 0.25) is 0 Å². The van der Waals surface area contributed by atoms with Crippen LogP contribution in [0.25, 0.3) is 0 Å². The molecule has 1 saturated heterocycles. The second kappa shape index (κ2) is 7.17.